The van der Waals surface area contributed by atoms with Gasteiger partial charge in [-0.2, -0.15) is 13.2 Å². The van der Waals surface area contributed by atoms with Crippen LogP contribution in [0.3, 0.4) is 0 Å². The van der Waals surface area contributed by atoms with E-state index in [0.29, 0.717) is 17.9 Å². The molecule has 1 aromatic rings. The SMILES string of the molecule is O=C(CCNC(=O)C(F)(F)F)c1cccc(OC2CCCCO2)c1. The number of carbonyl (C=O) groups excluding carboxylic acids is 2. The van der Waals surface area contributed by atoms with E-state index in [-0.39, 0.29) is 25.0 Å². The van der Waals surface area contributed by atoms with Crippen molar-refractivity contribution >= 4 is 11.7 Å². The summed E-state index contributed by atoms with van der Waals surface area (Å²) in [6, 6.07) is 6.37. The van der Waals surface area contributed by atoms with E-state index < -0.39 is 12.1 Å². The summed E-state index contributed by atoms with van der Waals surface area (Å²) in [5.74, 6) is -1.97. The van der Waals surface area contributed by atoms with E-state index in [1.807, 2.05) is 0 Å². The van der Waals surface area contributed by atoms with E-state index in [4.69, 9.17) is 9.47 Å². The highest BCUT2D eigenvalue weighted by atomic mass is 19.4. The molecule has 0 spiro atoms. The first-order valence-electron chi connectivity index (χ1n) is 7.63. The van der Waals surface area contributed by atoms with Crippen LogP contribution in [0.5, 0.6) is 5.75 Å². The number of ether oxygens (including phenoxy) is 2. The zero-order valence-electron chi connectivity index (χ0n) is 12.9. The molecule has 1 fully saturated rings. The second-order valence-corrected chi connectivity index (χ2v) is 5.37. The van der Waals surface area contributed by atoms with Gasteiger partial charge in [-0.25, -0.2) is 0 Å². The van der Waals surface area contributed by atoms with Crippen molar-refractivity contribution in [3.63, 3.8) is 0 Å². The van der Waals surface area contributed by atoms with Crippen LogP contribution in [0.4, 0.5) is 13.2 Å². The molecule has 1 aromatic carbocycles. The molecule has 5 nitrogen and oxygen atoms in total. The van der Waals surface area contributed by atoms with Crippen molar-refractivity contribution in [3.05, 3.63) is 29.8 Å². The Morgan fingerprint density at radius 2 is 2.08 bits per heavy atom. The number of alkyl halides is 3. The van der Waals surface area contributed by atoms with Gasteiger partial charge < -0.3 is 14.8 Å². The maximum atomic E-state index is 12.0. The third-order valence-corrected chi connectivity index (χ3v) is 3.46. The Bertz CT molecular complexity index is 583. The van der Waals surface area contributed by atoms with Crippen LogP contribution in [-0.4, -0.2) is 37.3 Å². The van der Waals surface area contributed by atoms with Gasteiger partial charge in [0.05, 0.1) is 6.61 Å². The van der Waals surface area contributed by atoms with Crippen molar-refractivity contribution in [3.8, 4) is 5.75 Å². The Morgan fingerprint density at radius 3 is 2.75 bits per heavy atom. The Morgan fingerprint density at radius 1 is 1.29 bits per heavy atom. The van der Waals surface area contributed by atoms with E-state index >= 15 is 0 Å². The zero-order chi connectivity index (χ0) is 17.6. The lowest BCUT2D eigenvalue weighted by Gasteiger charge is -2.23. The molecule has 0 bridgehead atoms. The molecule has 1 unspecified atom stereocenters. The highest BCUT2D eigenvalue weighted by Crippen LogP contribution is 2.21. The van der Waals surface area contributed by atoms with Crippen molar-refractivity contribution in [2.45, 2.75) is 38.1 Å². The molecule has 0 saturated carbocycles. The third kappa shape index (κ3) is 5.52. The fourth-order valence-electron chi connectivity index (χ4n) is 2.23. The minimum Gasteiger partial charge on any atom is -0.465 e. The molecule has 1 N–H and O–H groups in total. The molecule has 1 amide bonds. The average molecular weight is 345 g/mol. The van der Waals surface area contributed by atoms with Gasteiger partial charge in [0, 0.05) is 24.9 Å². The van der Waals surface area contributed by atoms with Crippen LogP contribution in [-0.2, 0) is 9.53 Å². The van der Waals surface area contributed by atoms with Crippen LogP contribution in [0.15, 0.2) is 24.3 Å². The van der Waals surface area contributed by atoms with Gasteiger partial charge in [-0.15, -0.1) is 0 Å². The van der Waals surface area contributed by atoms with Crippen molar-refractivity contribution in [2.24, 2.45) is 0 Å². The maximum Gasteiger partial charge on any atom is 0.471 e. The van der Waals surface area contributed by atoms with Gasteiger partial charge in [-0.3, -0.25) is 9.59 Å². The minimum atomic E-state index is -4.95. The number of carbonyl (C=O) groups is 2. The number of ketones is 1. The van der Waals surface area contributed by atoms with Gasteiger partial charge in [0.1, 0.15) is 5.75 Å². The summed E-state index contributed by atoms with van der Waals surface area (Å²) in [4.78, 5) is 22.7. The predicted molar refractivity (Wildman–Crippen MR) is 78.7 cm³/mol. The van der Waals surface area contributed by atoms with E-state index in [1.165, 1.54) is 6.07 Å². The smallest absolute Gasteiger partial charge is 0.465 e. The minimum absolute atomic E-state index is 0.231. The molecule has 1 atom stereocenters. The Balaban J connectivity index is 1.85. The Kier molecular flexibility index (Phi) is 6.19. The number of hydrogen-bond donors (Lipinski definition) is 1. The van der Waals surface area contributed by atoms with Crippen LogP contribution in [0.2, 0.25) is 0 Å². The van der Waals surface area contributed by atoms with Gasteiger partial charge in [-0.1, -0.05) is 12.1 Å². The second-order valence-electron chi connectivity index (χ2n) is 5.37. The molecule has 2 rings (SSSR count). The lowest BCUT2D eigenvalue weighted by Crippen LogP contribution is -2.37. The van der Waals surface area contributed by atoms with E-state index in [2.05, 4.69) is 0 Å². The summed E-state index contributed by atoms with van der Waals surface area (Å²) in [6.45, 7) is 0.246. The van der Waals surface area contributed by atoms with Gasteiger partial charge in [0.25, 0.3) is 0 Å². The molecule has 1 aliphatic rings. The number of hydrogen-bond acceptors (Lipinski definition) is 4. The lowest BCUT2D eigenvalue weighted by atomic mass is 10.1. The number of nitrogens with one attached hydrogen (secondary N) is 1. The van der Waals surface area contributed by atoms with Crippen LogP contribution in [0.25, 0.3) is 0 Å². The first-order chi connectivity index (χ1) is 11.4. The van der Waals surface area contributed by atoms with E-state index in [1.54, 1.807) is 23.5 Å². The molecular weight excluding hydrogens is 327 g/mol. The maximum absolute atomic E-state index is 12.0. The monoisotopic (exact) mass is 345 g/mol. The standard InChI is InChI=1S/C16H18F3NO4/c17-16(18,19)15(22)20-8-7-13(21)11-4-3-5-12(10-11)24-14-6-1-2-9-23-14/h3-5,10,14H,1-2,6-9H2,(H,20,22). The van der Waals surface area contributed by atoms with Gasteiger partial charge in [0.2, 0.25) is 0 Å². The quantitative estimate of drug-likeness (QED) is 0.805. The summed E-state index contributed by atoms with van der Waals surface area (Å²) >= 11 is 0. The highest BCUT2D eigenvalue weighted by Gasteiger charge is 2.38. The molecule has 0 aromatic heterocycles. The molecule has 1 saturated heterocycles. The van der Waals surface area contributed by atoms with E-state index in [9.17, 15) is 22.8 Å². The molecule has 8 heteroatoms. The third-order valence-electron chi connectivity index (χ3n) is 3.46. The van der Waals surface area contributed by atoms with Crippen molar-refractivity contribution < 1.29 is 32.2 Å². The number of amides is 1. The first-order valence-corrected chi connectivity index (χ1v) is 7.63. The summed E-state index contributed by atoms with van der Waals surface area (Å²) < 4.78 is 47.2. The van der Waals surface area contributed by atoms with Crippen LogP contribution in [0, 0.1) is 0 Å². The molecule has 1 heterocycles. The van der Waals surface area contributed by atoms with Crippen molar-refractivity contribution in [1.29, 1.82) is 0 Å². The largest absolute Gasteiger partial charge is 0.471 e. The zero-order valence-corrected chi connectivity index (χ0v) is 12.9. The van der Waals surface area contributed by atoms with E-state index in [0.717, 1.165) is 19.3 Å². The lowest BCUT2D eigenvalue weighted by molar-refractivity contribution is -0.173. The highest BCUT2D eigenvalue weighted by molar-refractivity contribution is 5.96. The van der Waals surface area contributed by atoms with Gasteiger partial charge >= 0.3 is 12.1 Å². The summed E-state index contributed by atoms with van der Waals surface area (Å²) in [6.07, 6.45) is -2.77. The summed E-state index contributed by atoms with van der Waals surface area (Å²) in [5.41, 5.74) is 0.310. The van der Waals surface area contributed by atoms with Crippen LogP contribution < -0.4 is 10.1 Å². The van der Waals surface area contributed by atoms with Gasteiger partial charge in [-0.05, 0) is 25.0 Å². The predicted octanol–water partition coefficient (Wildman–Crippen LogP) is 2.84. The molecule has 24 heavy (non-hydrogen) atoms. The normalized spacial score (nSPS) is 18.0. The van der Waals surface area contributed by atoms with Crippen molar-refractivity contribution in [1.82, 2.24) is 5.32 Å². The number of halogens is 3. The summed E-state index contributed by atoms with van der Waals surface area (Å²) in [5, 5.41) is 1.67. The number of benzene rings is 1. The second kappa shape index (κ2) is 8.14. The molecule has 132 valence electrons. The number of Topliss-reactive ketones (excluding diaryl/α,β-unsaturated/α-hetero) is 1. The topological polar surface area (TPSA) is 64.6 Å². The molecular formula is C16H18F3NO4. The van der Waals surface area contributed by atoms with Gasteiger partial charge in [0.15, 0.2) is 12.1 Å². The number of rotatable bonds is 6. The van der Waals surface area contributed by atoms with Crippen LogP contribution >= 0.6 is 0 Å². The molecule has 1 aliphatic heterocycles. The first kappa shape index (κ1) is 18.3. The molecule has 0 radical (unpaired) electrons. The van der Waals surface area contributed by atoms with Crippen LogP contribution in [0.1, 0.15) is 36.0 Å². The fraction of sp³-hybridized carbons (Fsp3) is 0.500. The average Bonchev–Trinajstić information content (AvgIpc) is 2.55. The Hall–Kier alpha value is -2.09. The van der Waals surface area contributed by atoms with Crippen molar-refractivity contribution in [2.75, 3.05) is 13.2 Å². The fourth-order valence-corrected chi connectivity index (χ4v) is 2.23. The summed E-state index contributed by atoms with van der Waals surface area (Å²) in [7, 11) is 0. The Labute approximate surface area is 137 Å². The molecule has 0 aliphatic carbocycles.